The fourth-order valence-electron chi connectivity index (χ4n) is 2.40. The van der Waals surface area contributed by atoms with Gasteiger partial charge in [-0.1, -0.05) is 11.3 Å². The first-order chi connectivity index (χ1) is 8.62. The zero-order chi connectivity index (χ0) is 12.3. The van der Waals surface area contributed by atoms with Gasteiger partial charge in [0.2, 0.25) is 4.96 Å². The summed E-state index contributed by atoms with van der Waals surface area (Å²) >= 11 is 1.48. The topological polar surface area (TPSA) is 77.2 Å². The Bertz CT molecular complexity index is 713. The van der Waals surface area contributed by atoms with E-state index in [2.05, 4.69) is 15.3 Å². The SMILES string of the molecule is O=S1(=O)CC[C@H](c2nn3c(C4CC4)nnc3s2)C1. The first kappa shape index (κ1) is 10.9. The van der Waals surface area contributed by atoms with Crippen LogP contribution in [0.1, 0.15) is 41.9 Å². The maximum absolute atomic E-state index is 11.5. The Hall–Kier alpha value is -1.02. The summed E-state index contributed by atoms with van der Waals surface area (Å²) in [4.78, 5) is 0.788. The van der Waals surface area contributed by atoms with Crippen molar-refractivity contribution in [1.29, 1.82) is 0 Å². The minimum absolute atomic E-state index is 0.0498. The summed E-state index contributed by atoms with van der Waals surface area (Å²) in [6, 6.07) is 0. The lowest BCUT2D eigenvalue weighted by atomic mass is 10.1. The number of rotatable bonds is 2. The molecule has 96 valence electrons. The van der Waals surface area contributed by atoms with Crippen LogP contribution in [0.3, 0.4) is 0 Å². The summed E-state index contributed by atoms with van der Waals surface area (Å²) in [7, 11) is -2.86. The third kappa shape index (κ3) is 1.66. The second kappa shape index (κ2) is 3.51. The van der Waals surface area contributed by atoms with Crippen molar-refractivity contribution in [2.75, 3.05) is 11.5 Å². The molecular weight excluding hydrogens is 272 g/mol. The fraction of sp³-hybridized carbons (Fsp3) is 0.700. The standard InChI is InChI=1S/C10H12N4O2S2/c15-18(16)4-3-7(5-18)9-13-14-8(6-1-2-6)11-12-10(14)17-9/h6-7H,1-5H2/t7-/m0/s1. The van der Waals surface area contributed by atoms with E-state index in [4.69, 9.17) is 0 Å². The van der Waals surface area contributed by atoms with E-state index in [0.717, 1.165) is 28.6 Å². The molecule has 0 spiro atoms. The van der Waals surface area contributed by atoms with Crippen LogP contribution in [0.2, 0.25) is 0 Å². The number of fused-ring (bicyclic) bond motifs is 1. The predicted molar refractivity (Wildman–Crippen MR) is 66.6 cm³/mol. The van der Waals surface area contributed by atoms with Crippen LogP contribution in [0.5, 0.6) is 0 Å². The fourth-order valence-corrected chi connectivity index (χ4v) is 5.23. The molecule has 3 heterocycles. The Morgan fingerprint density at radius 1 is 1.17 bits per heavy atom. The number of nitrogens with zero attached hydrogens (tertiary/aromatic N) is 4. The molecule has 1 saturated carbocycles. The van der Waals surface area contributed by atoms with E-state index in [1.165, 1.54) is 11.3 Å². The van der Waals surface area contributed by atoms with Gasteiger partial charge < -0.3 is 0 Å². The summed E-state index contributed by atoms with van der Waals surface area (Å²) in [6.45, 7) is 0. The lowest BCUT2D eigenvalue weighted by Gasteiger charge is -2.00. The minimum atomic E-state index is -2.86. The van der Waals surface area contributed by atoms with Gasteiger partial charge in [-0.25, -0.2) is 8.42 Å². The molecule has 8 heteroatoms. The number of hydrogen-bond acceptors (Lipinski definition) is 6. The van der Waals surface area contributed by atoms with Crippen molar-refractivity contribution in [1.82, 2.24) is 19.8 Å². The minimum Gasteiger partial charge on any atom is -0.229 e. The van der Waals surface area contributed by atoms with Crippen LogP contribution in [0, 0.1) is 0 Å². The maximum Gasteiger partial charge on any atom is 0.234 e. The molecule has 0 amide bonds. The normalized spacial score (nSPS) is 27.0. The molecular formula is C10H12N4O2S2. The summed E-state index contributed by atoms with van der Waals surface area (Å²) in [6.07, 6.45) is 3.00. The molecule has 4 rings (SSSR count). The van der Waals surface area contributed by atoms with Crippen LogP contribution in [0.15, 0.2) is 0 Å². The van der Waals surface area contributed by atoms with Gasteiger partial charge >= 0.3 is 0 Å². The van der Waals surface area contributed by atoms with Crippen molar-refractivity contribution in [2.24, 2.45) is 0 Å². The highest BCUT2D eigenvalue weighted by Crippen LogP contribution is 2.40. The van der Waals surface area contributed by atoms with Gasteiger partial charge in [0.15, 0.2) is 15.7 Å². The molecule has 1 aliphatic carbocycles. The van der Waals surface area contributed by atoms with E-state index in [1.54, 1.807) is 0 Å². The smallest absolute Gasteiger partial charge is 0.229 e. The van der Waals surface area contributed by atoms with Crippen molar-refractivity contribution >= 4 is 26.1 Å². The molecule has 2 aromatic heterocycles. The monoisotopic (exact) mass is 284 g/mol. The lowest BCUT2D eigenvalue weighted by Crippen LogP contribution is -2.04. The summed E-state index contributed by atoms with van der Waals surface area (Å²) in [5.41, 5.74) is 0. The highest BCUT2D eigenvalue weighted by Gasteiger charge is 2.34. The van der Waals surface area contributed by atoms with Gasteiger partial charge in [-0.15, -0.1) is 10.2 Å². The summed E-state index contributed by atoms with van der Waals surface area (Å²) < 4.78 is 24.8. The van der Waals surface area contributed by atoms with Crippen LogP contribution in [0.4, 0.5) is 0 Å². The van der Waals surface area contributed by atoms with Crippen LogP contribution < -0.4 is 0 Å². The molecule has 2 aliphatic rings. The number of hydrogen-bond donors (Lipinski definition) is 0. The number of aromatic nitrogens is 4. The van der Waals surface area contributed by atoms with Crippen LogP contribution in [-0.2, 0) is 9.84 Å². The molecule has 1 atom stereocenters. The third-order valence-electron chi connectivity index (χ3n) is 3.55. The molecule has 0 radical (unpaired) electrons. The van der Waals surface area contributed by atoms with Gasteiger partial charge in [-0.3, -0.25) is 0 Å². The zero-order valence-corrected chi connectivity index (χ0v) is 11.2. The van der Waals surface area contributed by atoms with E-state index >= 15 is 0 Å². The second-order valence-corrected chi connectivity index (χ2v) is 8.28. The average Bonchev–Trinajstić information content (AvgIpc) is 2.79. The molecule has 0 unspecified atom stereocenters. The van der Waals surface area contributed by atoms with Crippen molar-refractivity contribution in [3.05, 3.63) is 10.8 Å². The Morgan fingerprint density at radius 2 is 2.00 bits per heavy atom. The molecule has 2 fully saturated rings. The van der Waals surface area contributed by atoms with E-state index in [9.17, 15) is 8.42 Å². The first-order valence-corrected chi connectivity index (χ1v) is 8.69. The van der Waals surface area contributed by atoms with Crippen LogP contribution in [-0.4, -0.2) is 39.7 Å². The van der Waals surface area contributed by atoms with Crippen molar-refractivity contribution in [2.45, 2.75) is 31.1 Å². The largest absolute Gasteiger partial charge is 0.234 e. The molecule has 6 nitrogen and oxygen atoms in total. The first-order valence-electron chi connectivity index (χ1n) is 6.05. The zero-order valence-electron chi connectivity index (χ0n) is 9.61. The highest BCUT2D eigenvalue weighted by molar-refractivity contribution is 7.91. The molecule has 1 aliphatic heterocycles. The number of sulfone groups is 1. The average molecular weight is 284 g/mol. The molecule has 0 N–H and O–H groups in total. The molecule has 0 aromatic carbocycles. The Kier molecular flexibility index (Phi) is 2.12. The van der Waals surface area contributed by atoms with E-state index in [-0.39, 0.29) is 17.4 Å². The van der Waals surface area contributed by atoms with Gasteiger partial charge in [-0.05, 0) is 19.3 Å². The van der Waals surface area contributed by atoms with Gasteiger partial charge in [0.1, 0.15) is 5.01 Å². The van der Waals surface area contributed by atoms with E-state index in [1.807, 2.05) is 4.52 Å². The van der Waals surface area contributed by atoms with E-state index < -0.39 is 9.84 Å². The second-order valence-electron chi connectivity index (χ2n) is 5.07. The van der Waals surface area contributed by atoms with Crippen LogP contribution in [0.25, 0.3) is 4.96 Å². The van der Waals surface area contributed by atoms with E-state index in [0.29, 0.717) is 12.3 Å². The Balaban J connectivity index is 1.73. The van der Waals surface area contributed by atoms with Crippen molar-refractivity contribution < 1.29 is 8.42 Å². The van der Waals surface area contributed by atoms with Gasteiger partial charge in [0.05, 0.1) is 11.5 Å². The highest BCUT2D eigenvalue weighted by atomic mass is 32.2. The predicted octanol–water partition coefficient (Wildman–Crippen LogP) is 0.965. The molecule has 2 aromatic rings. The summed E-state index contributed by atoms with van der Waals surface area (Å²) in [5, 5.41) is 13.7. The summed E-state index contributed by atoms with van der Waals surface area (Å²) in [5.74, 6) is 2.01. The van der Waals surface area contributed by atoms with Crippen molar-refractivity contribution in [3.8, 4) is 0 Å². The van der Waals surface area contributed by atoms with Crippen LogP contribution >= 0.6 is 11.3 Å². The van der Waals surface area contributed by atoms with Crippen molar-refractivity contribution in [3.63, 3.8) is 0 Å². The van der Waals surface area contributed by atoms with Gasteiger partial charge in [-0.2, -0.15) is 9.61 Å². The Labute approximate surface area is 108 Å². The quantitative estimate of drug-likeness (QED) is 0.821. The lowest BCUT2D eigenvalue weighted by molar-refractivity contribution is 0.601. The van der Waals surface area contributed by atoms with Gasteiger partial charge in [0.25, 0.3) is 0 Å². The molecule has 1 saturated heterocycles. The molecule has 18 heavy (non-hydrogen) atoms. The maximum atomic E-state index is 11.5. The third-order valence-corrected chi connectivity index (χ3v) is 6.38. The Morgan fingerprint density at radius 3 is 2.67 bits per heavy atom. The van der Waals surface area contributed by atoms with Gasteiger partial charge in [0, 0.05) is 11.8 Å². The molecule has 0 bridgehead atoms.